The first-order valence-corrected chi connectivity index (χ1v) is 8.90. The molecule has 0 atom stereocenters. The van der Waals surface area contributed by atoms with Crippen molar-refractivity contribution in [2.45, 2.75) is 12.8 Å². The molecule has 0 aromatic heterocycles. The van der Waals surface area contributed by atoms with Crippen molar-refractivity contribution in [2.24, 2.45) is 5.92 Å². The average Bonchev–Trinajstić information content (AvgIpc) is 2.47. The van der Waals surface area contributed by atoms with Crippen molar-refractivity contribution in [1.82, 2.24) is 0 Å². The zero-order chi connectivity index (χ0) is 16.8. The lowest BCUT2D eigenvalue weighted by Crippen LogP contribution is -2.46. The second-order valence-corrected chi connectivity index (χ2v) is 7.99. The van der Waals surface area contributed by atoms with Gasteiger partial charge in [-0.2, -0.15) is 0 Å². The van der Waals surface area contributed by atoms with Gasteiger partial charge in [0.25, 0.3) is 0 Å². The molecular weight excluding hydrogens is 330 g/mol. The highest BCUT2D eigenvalue weighted by Gasteiger charge is 2.35. The molecule has 23 heavy (non-hydrogen) atoms. The number of rotatable bonds is 1. The zero-order valence-corrected chi connectivity index (χ0v) is 12.8. The van der Waals surface area contributed by atoms with Crippen LogP contribution in [0.15, 0.2) is 12.1 Å². The third kappa shape index (κ3) is 3.05. The van der Waals surface area contributed by atoms with Crippen molar-refractivity contribution in [3.63, 3.8) is 0 Å². The van der Waals surface area contributed by atoms with Gasteiger partial charge in [0.05, 0.1) is 22.9 Å². The highest BCUT2D eigenvalue weighted by atomic mass is 32.2. The minimum atomic E-state index is -3.12. The number of hydrogen-bond acceptors (Lipinski definition) is 4. The Morgan fingerprint density at radius 3 is 2.43 bits per heavy atom. The van der Waals surface area contributed by atoms with Crippen LogP contribution in [0.3, 0.4) is 0 Å². The molecule has 1 aromatic rings. The predicted octanol–water partition coefficient (Wildman–Crippen LogP) is 1.07. The molecule has 0 aliphatic carbocycles. The van der Waals surface area contributed by atoms with E-state index in [1.807, 2.05) is 0 Å². The second-order valence-electron chi connectivity index (χ2n) is 5.68. The molecule has 2 aliphatic rings. The van der Waals surface area contributed by atoms with Crippen LogP contribution in [0.5, 0.6) is 0 Å². The highest BCUT2D eigenvalue weighted by molar-refractivity contribution is 7.91. The molecule has 0 spiro atoms. The topological polar surface area (TPSA) is 83.6 Å². The molecule has 1 N–H and O–H groups in total. The molecule has 0 saturated carbocycles. The molecular formula is C14H14F2N2O4S. The molecule has 0 unspecified atom stereocenters. The minimum absolute atomic E-state index is 0.0249. The van der Waals surface area contributed by atoms with Crippen molar-refractivity contribution in [2.75, 3.05) is 28.3 Å². The van der Waals surface area contributed by atoms with Crippen LogP contribution >= 0.6 is 0 Å². The van der Waals surface area contributed by atoms with E-state index >= 15 is 0 Å². The third-order valence-corrected chi connectivity index (χ3v) is 5.79. The first kappa shape index (κ1) is 15.9. The molecule has 2 aliphatic heterocycles. The Hall–Kier alpha value is -2.03. The number of amides is 2. The Bertz CT molecular complexity index is 780. The van der Waals surface area contributed by atoms with Gasteiger partial charge in [0, 0.05) is 18.1 Å². The number of nitrogens with zero attached hydrogens (tertiary/aromatic N) is 1. The number of fused-ring (bicyclic) bond motifs is 1. The lowest BCUT2D eigenvalue weighted by Gasteiger charge is -2.33. The summed E-state index contributed by atoms with van der Waals surface area (Å²) in [5.74, 6) is -3.93. The summed E-state index contributed by atoms with van der Waals surface area (Å²) in [4.78, 5) is 25.4. The number of carbonyl (C=O) groups is 2. The van der Waals surface area contributed by atoms with E-state index in [2.05, 4.69) is 5.32 Å². The van der Waals surface area contributed by atoms with Crippen molar-refractivity contribution in [3.8, 4) is 0 Å². The van der Waals surface area contributed by atoms with Crippen LogP contribution in [0, 0.1) is 17.6 Å². The molecule has 1 fully saturated rings. The van der Waals surface area contributed by atoms with Crippen LogP contribution in [-0.2, 0) is 19.4 Å². The second kappa shape index (κ2) is 5.55. The molecule has 9 heteroatoms. The van der Waals surface area contributed by atoms with Crippen molar-refractivity contribution < 1.29 is 26.8 Å². The number of hydrogen-bond donors (Lipinski definition) is 1. The van der Waals surface area contributed by atoms with Gasteiger partial charge in [0.1, 0.15) is 16.4 Å². The summed E-state index contributed by atoms with van der Waals surface area (Å²) in [6.45, 7) is -0.305. The van der Waals surface area contributed by atoms with E-state index in [9.17, 15) is 26.8 Å². The number of benzene rings is 1. The highest BCUT2D eigenvalue weighted by Crippen LogP contribution is 2.34. The van der Waals surface area contributed by atoms with E-state index in [0.29, 0.717) is 0 Å². The fraction of sp³-hybridized carbons (Fsp3) is 0.429. The van der Waals surface area contributed by atoms with E-state index in [1.54, 1.807) is 0 Å². The molecule has 1 saturated heterocycles. The van der Waals surface area contributed by atoms with Crippen LogP contribution < -0.4 is 10.2 Å². The van der Waals surface area contributed by atoms with Crippen molar-refractivity contribution in [3.05, 3.63) is 23.8 Å². The van der Waals surface area contributed by atoms with Gasteiger partial charge >= 0.3 is 0 Å². The molecule has 2 amide bonds. The number of nitrogens with one attached hydrogen (secondary N) is 1. The fourth-order valence-corrected chi connectivity index (χ4v) is 4.32. The maximum Gasteiger partial charge on any atom is 0.244 e. The van der Waals surface area contributed by atoms with Gasteiger partial charge in [0.15, 0.2) is 11.6 Å². The van der Waals surface area contributed by atoms with Gasteiger partial charge in [-0.05, 0) is 12.8 Å². The quantitative estimate of drug-likeness (QED) is 0.826. The standard InChI is InChI=1S/C14H14F2N2O4S/c15-9-5-11-12(6-10(9)16)18(7-13(19)17-11)14(20)8-1-3-23(21,22)4-2-8/h5-6,8H,1-4,7H2,(H,17,19). The van der Waals surface area contributed by atoms with E-state index in [0.717, 1.165) is 17.0 Å². The molecule has 6 nitrogen and oxygen atoms in total. The van der Waals surface area contributed by atoms with Crippen LogP contribution in [-0.4, -0.2) is 38.3 Å². The molecule has 0 bridgehead atoms. The van der Waals surface area contributed by atoms with Gasteiger partial charge in [0.2, 0.25) is 11.8 Å². The van der Waals surface area contributed by atoms with E-state index in [-0.39, 0.29) is 42.3 Å². The first-order valence-electron chi connectivity index (χ1n) is 7.07. The summed E-state index contributed by atoms with van der Waals surface area (Å²) in [5, 5.41) is 2.39. The normalized spacial score (nSPS) is 20.8. The lowest BCUT2D eigenvalue weighted by molar-refractivity contribution is -0.124. The van der Waals surface area contributed by atoms with E-state index < -0.39 is 39.2 Å². The van der Waals surface area contributed by atoms with Crippen LogP contribution in [0.2, 0.25) is 0 Å². The maximum absolute atomic E-state index is 13.5. The number of carbonyl (C=O) groups excluding carboxylic acids is 2. The Balaban J connectivity index is 1.90. The Morgan fingerprint density at radius 2 is 1.78 bits per heavy atom. The van der Waals surface area contributed by atoms with Crippen molar-refractivity contribution >= 4 is 33.0 Å². The minimum Gasteiger partial charge on any atom is -0.323 e. The van der Waals surface area contributed by atoms with Gasteiger partial charge in [-0.1, -0.05) is 0 Å². The summed E-state index contributed by atoms with van der Waals surface area (Å²) in [5.41, 5.74) is 0.110. The van der Waals surface area contributed by atoms with Gasteiger partial charge in [-0.25, -0.2) is 17.2 Å². The zero-order valence-electron chi connectivity index (χ0n) is 12.0. The molecule has 0 radical (unpaired) electrons. The van der Waals surface area contributed by atoms with Crippen LogP contribution in [0.25, 0.3) is 0 Å². The average molecular weight is 344 g/mol. The molecule has 3 rings (SSSR count). The Labute approximate surface area is 131 Å². The van der Waals surface area contributed by atoms with Crippen LogP contribution in [0.1, 0.15) is 12.8 Å². The molecule has 2 heterocycles. The van der Waals surface area contributed by atoms with Crippen LogP contribution in [0.4, 0.5) is 20.2 Å². The third-order valence-electron chi connectivity index (χ3n) is 4.08. The van der Waals surface area contributed by atoms with Crippen molar-refractivity contribution in [1.29, 1.82) is 0 Å². The fourth-order valence-electron chi connectivity index (χ4n) is 2.83. The number of sulfone groups is 1. The Kier molecular flexibility index (Phi) is 3.83. The number of halogens is 2. The summed E-state index contributed by atoms with van der Waals surface area (Å²) >= 11 is 0. The Morgan fingerprint density at radius 1 is 1.17 bits per heavy atom. The summed E-state index contributed by atoms with van der Waals surface area (Å²) < 4.78 is 49.7. The van der Waals surface area contributed by atoms with Gasteiger partial charge in [-0.15, -0.1) is 0 Å². The summed E-state index contributed by atoms with van der Waals surface area (Å²) in [6, 6.07) is 1.69. The predicted molar refractivity (Wildman–Crippen MR) is 78.7 cm³/mol. The molecule has 124 valence electrons. The van der Waals surface area contributed by atoms with E-state index in [4.69, 9.17) is 0 Å². The molecule has 1 aromatic carbocycles. The largest absolute Gasteiger partial charge is 0.323 e. The lowest BCUT2D eigenvalue weighted by atomic mass is 10.00. The smallest absolute Gasteiger partial charge is 0.244 e. The van der Waals surface area contributed by atoms with Gasteiger partial charge < -0.3 is 10.2 Å². The maximum atomic E-state index is 13.5. The first-order chi connectivity index (χ1) is 10.8. The van der Waals surface area contributed by atoms with E-state index in [1.165, 1.54) is 0 Å². The van der Waals surface area contributed by atoms with Gasteiger partial charge in [-0.3, -0.25) is 9.59 Å². The summed E-state index contributed by atoms with van der Waals surface area (Å²) in [6.07, 6.45) is 0.330. The monoisotopic (exact) mass is 344 g/mol. The SMILES string of the molecule is O=C1CN(C(=O)C2CCS(=O)(=O)CC2)c2cc(F)c(F)cc2N1. The number of anilines is 2. The summed E-state index contributed by atoms with van der Waals surface area (Å²) in [7, 11) is -3.12.